The highest BCUT2D eigenvalue weighted by Crippen LogP contribution is 2.25. The van der Waals surface area contributed by atoms with Gasteiger partial charge in [-0.1, -0.05) is 41.1 Å². The van der Waals surface area contributed by atoms with Gasteiger partial charge in [0.2, 0.25) is 0 Å². The van der Waals surface area contributed by atoms with Crippen molar-refractivity contribution in [2.45, 2.75) is 31.3 Å². The van der Waals surface area contributed by atoms with Gasteiger partial charge in [0.25, 0.3) is 5.56 Å². The molecule has 4 nitrogen and oxygen atoms in total. The number of hydrogen-bond donors (Lipinski definition) is 0. The van der Waals surface area contributed by atoms with Gasteiger partial charge in [-0.05, 0) is 56.5 Å². The molecule has 0 unspecified atom stereocenters. The van der Waals surface area contributed by atoms with E-state index in [1.165, 1.54) is 37.9 Å². The van der Waals surface area contributed by atoms with Crippen LogP contribution in [-0.2, 0) is 0 Å². The molecule has 1 aliphatic heterocycles. The van der Waals surface area contributed by atoms with Crippen molar-refractivity contribution in [3.63, 3.8) is 0 Å². The van der Waals surface area contributed by atoms with Gasteiger partial charge in [-0.2, -0.15) is 0 Å². The number of quaternary nitrogens is 1. The molecule has 3 aromatic rings. The molecule has 2 heterocycles. The van der Waals surface area contributed by atoms with Crippen LogP contribution in [0.2, 0.25) is 5.02 Å². The SMILES string of the molecule is Cc1ccc(-n2c(SCC[N+]3(C)CCCCC3)nc3cc(Cl)ccc3c2=O)cc1.[I-]. The zero-order chi connectivity index (χ0) is 20.4. The van der Waals surface area contributed by atoms with Gasteiger partial charge in [-0.15, -0.1) is 0 Å². The number of piperidine rings is 1. The van der Waals surface area contributed by atoms with Crippen LogP contribution < -0.4 is 29.5 Å². The summed E-state index contributed by atoms with van der Waals surface area (Å²) >= 11 is 7.83. The molecule has 1 saturated heterocycles. The zero-order valence-electron chi connectivity index (χ0n) is 17.4. The highest BCUT2D eigenvalue weighted by Gasteiger charge is 2.24. The maximum atomic E-state index is 13.3. The van der Waals surface area contributed by atoms with Gasteiger partial charge in [0, 0.05) is 5.02 Å². The molecular formula is C23H27ClIN3OS. The fourth-order valence-corrected chi connectivity index (χ4v) is 5.37. The minimum Gasteiger partial charge on any atom is -1.00 e. The molecule has 0 spiro atoms. The molecule has 0 saturated carbocycles. The van der Waals surface area contributed by atoms with E-state index in [9.17, 15) is 4.79 Å². The molecule has 4 rings (SSSR count). The number of halogens is 2. The average molecular weight is 556 g/mol. The van der Waals surface area contributed by atoms with E-state index in [1.54, 1.807) is 34.5 Å². The first-order chi connectivity index (χ1) is 14.0. The Morgan fingerprint density at radius 3 is 2.50 bits per heavy atom. The molecule has 0 atom stereocenters. The van der Waals surface area contributed by atoms with Crippen LogP contribution in [0.15, 0.2) is 52.4 Å². The quantitative estimate of drug-likeness (QED) is 0.209. The van der Waals surface area contributed by atoms with Crippen LogP contribution in [-0.4, -0.2) is 46.5 Å². The van der Waals surface area contributed by atoms with Crippen molar-refractivity contribution < 1.29 is 28.5 Å². The minimum atomic E-state index is -0.0450. The fourth-order valence-electron chi connectivity index (χ4n) is 4.01. The lowest BCUT2D eigenvalue weighted by Gasteiger charge is -2.37. The molecule has 0 radical (unpaired) electrons. The first kappa shape index (κ1) is 23.6. The first-order valence-electron chi connectivity index (χ1n) is 10.2. The van der Waals surface area contributed by atoms with Crippen molar-refractivity contribution >= 4 is 34.3 Å². The standard InChI is InChI=1S/C23H27ClN3OS.HI/c1-17-6-9-19(10-7-17)26-22(28)20-11-8-18(24)16-21(20)25-23(26)29-15-14-27(2)12-4-3-5-13-27;/h6-11,16H,3-5,12-15H2,1-2H3;1H/q+1;/p-1. The highest BCUT2D eigenvalue weighted by atomic mass is 127. The minimum absolute atomic E-state index is 0. The van der Waals surface area contributed by atoms with Gasteiger partial charge in [-0.3, -0.25) is 9.36 Å². The van der Waals surface area contributed by atoms with Crippen LogP contribution in [0.5, 0.6) is 0 Å². The van der Waals surface area contributed by atoms with E-state index in [-0.39, 0.29) is 29.5 Å². The molecule has 1 aromatic heterocycles. The smallest absolute Gasteiger partial charge is 0.266 e. The van der Waals surface area contributed by atoms with Gasteiger partial charge < -0.3 is 28.5 Å². The molecule has 0 aliphatic carbocycles. The van der Waals surface area contributed by atoms with E-state index in [4.69, 9.17) is 16.6 Å². The molecule has 160 valence electrons. The number of likely N-dealkylation sites (tertiary alicyclic amines) is 1. The van der Waals surface area contributed by atoms with Crippen LogP contribution in [0.25, 0.3) is 16.6 Å². The zero-order valence-corrected chi connectivity index (χ0v) is 21.1. The second-order valence-electron chi connectivity index (χ2n) is 8.23. The van der Waals surface area contributed by atoms with Crippen LogP contribution in [0, 0.1) is 6.92 Å². The molecule has 30 heavy (non-hydrogen) atoms. The van der Waals surface area contributed by atoms with E-state index in [0.717, 1.165) is 27.6 Å². The fraction of sp³-hybridized carbons (Fsp3) is 0.391. The lowest BCUT2D eigenvalue weighted by atomic mass is 10.1. The van der Waals surface area contributed by atoms with Crippen molar-refractivity contribution in [3.8, 4) is 5.69 Å². The third-order valence-corrected chi connectivity index (χ3v) is 7.00. The van der Waals surface area contributed by atoms with Gasteiger partial charge in [0.15, 0.2) is 5.16 Å². The summed E-state index contributed by atoms with van der Waals surface area (Å²) in [6, 6.07) is 13.3. The monoisotopic (exact) mass is 555 g/mol. The number of thioether (sulfide) groups is 1. The Balaban J connectivity index is 0.00000256. The van der Waals surface area contributed by atoms with Crippen LogP contribution >= 0.6 is 23.4 Å². The summed E-state index contributed by atoms with van der Waals surface area (Å²) in [7, 11) is 2.35. The second-order valence-corrected chi connectivity index (χ2v) is 9.73. The Morgan fingerprint density at radius 2 is 1.80 bits per heavy atom. The van der Waals surface area contributed by atoms with Gasteiger partial charge in [0.1, 0.15) is 0 Å². The van der Waals surface area contributed by atoms with Crippen molar-refractivity contribution in [3.05, 3.63) is 63.4 Å². The predicted octanol–water partition coefficient (Wildman–Crippen LogP) is 2.07. The van der Waals surface area contributed by atoms with Crippen molar-refractivity contribution in [2.75, 3.05) is 32.4 Å². The molecule has 1 aliphatic rings. The number of rotatable bonds is 5. The van der Waals surface area contributed by atoms with Gasteiger partial charge in [0.05, 0.1) is 49.0 Å². The lowest BCUT2D eigenvalue weighted by molar-refractivity contribution is -0.911. The summed E-state index contributed by atoms with van der Waals surface area (Å²) < 4.78 is 2.86. The van der Waals surface area contributed by atoms with E-state index < -0.39 is 0 Å². The summed E-state index contributed by atoms with van der Waals surface area (Å²) in [6.07, 6.45) is 3.96. The topological polar surface area (TPSA) is 34.9 Å². The van der Waals surface area contributed by atoms with Crippen LogP contribution in [0.1, 0.15) is 24.8 Å². The maximum absolute atomic E-state index is 13.3. The Bertz CT molecular complexity index is 1080. The lowest BCUT2D eigenvalue weighted by Crippen LogP contribution is -3.00. The third kappa shape index (κ3) is 5.21. The summed E-state index contributed by atoms with van der Waals surface area (Å²) in [5, 5.41) is 1.92. The highest BCUT2D eigenvalue weighted by molar-refractivity contribution is 7.99. The molecule has 7 heteroatoms. The van der Waals surface area contributed by atoms with Crippen LogP contribution in [0.3, 0.4) is 0 Å². The molecule has 0 amide bonds. The molecule has 2 aromatic carbocycles. The number of hydrogen-bond acceptors (Lipinski definition) is 3. The first-order valence-corrected chi connectivity index (χ1v) is 11.6. The molecular weight excluding hydrogens is 529 g/mol. The second kappa shape index (κ2) is 10.0. The number of aryl methyl sites for hydroxylation is 1. The largest absolute Gasteiger partial charge is 1.00 e. The number of benzene rings is 2. The number of nitrogens with zero attached hydrogens (tertiary/aromatic N) is 3. The van der Waals surface area contributed by atoms with E-state index >= 15 is 0 Å². The van der Waals surface area contributed by atoms with E-state index in [1.807, 2.05) is 31.2 Å². The van der Waals surface area contributed by atoms with Gasteiger partial charge in [-0.25, -0.2) is 4.98 Å². The summed E-state index contributed by atoms with van der Waals surface area (Å²) in [4.78, 5) is 18.2. The summed E-state index contributed by atoms with van der Waals surface area (Å²) in [6.45, 7) is 5.62. The normalized spacial score (nSPS) is 15.7. The maximum Gasteiger partial charge on any atom is 0.266 e. The Morgan fingerprint density at radius 1 is 1.10 bits per heavy atom. The average Bonchev–Trinajstić information content (AvgIpc) is 2.69. The van der Waals surface area contributed by atoms with Crippen molar-refractivity contribution in [1.29, 1.82) is 0 Å². The van der Waals surface area contributed by atoms with E-state index in [2.05, 4.69) is 7.05 Å². The Labute approximate surface area is 204 Å². The number of aromatic nitrogens is 2. The molecule has 0 N–H and O–H groups in total. The van der Waals surface area contributed by atoms with Gasteiger partial charge >= 0.3 is 0 Å². The predicted molar refractivity (Wildman–Crippen MR) is 122 cm³/mol. The van der Waals surface area contributed by atoms with Crippen LogP contribution in [0.4, 0.5) is 0 Å². The molecule has 0 bridgehead atoms. The summed E-state index contributed by atoms with van der Waals surface area (Å²) in [5.74, 6) is 0.931. The van der Waals surface area contributed by atoms with Crippen molar-refractivity contribution in [2.24, 2.45) is 0 Å². The van der Waals surface area contributed by atoms with Crippen molar-refractivity contribution in [1.82, 2.24) is 9.55 Å². The molecule has 1 fully saturated rings. The number of fused-ring (bicyclic) bond motifs is 1. The van der Waals surface area contributed by atoms with E-state index in [0.29, 0.717) is 15.9 Å². The summed E-state index contributed by atoms with van der Waals surface area (Å²) in [5.41, 5.74) is 2.63. The Hall–Kier alpha value is -1.09. The Kier molecular flexibility index (Phi) is 7.87. The third-order valence-electron chi connectivity index (χ3n) is 5.85.